The third-order valence-corrected chi connectivity index (χ3v) is 3.14. The van der Waals surface area contributed by atoms with E-state index in [2.05, 4.69) is 4.99 Å². The molecule has 1 rings (SSSR count). The van der Waals surface area contributed by atoms with Gasteiger partial charge in [-0.2, -0.15) is 0 Å². The number of carbonyl (C=O) groups is 1. The topological polar surface area (TPSA) is 151 Å². The molecule has 0 atom stereocenters. The second-order valence-corrected chi connectivity index (χ2v) is 6.97. The average molecular weight is 301 g/mol. The van der Waals surface area contributed by atoms with Crippen LogP contribution in [0.25, 0.3) is 0 Å². The standard InChI is InChI=1S/C6H13N3O7P2/c1-8-2-5(10)9(4-18(14,15)16)6(8)7-3-17(11,12)13/h2-4H2,1H3,(H2,11,12,13)(H2,14,15,16). The van der Waals surface area contributed by atoms with Gasteiger partial charge in [-0.05, 0) is 0 Å². The zero-order chi connectivity index (χ0) is 14.1. The molecule has 1 amide bonds. The predicted molar refractivity (Wildman–Crippen MR) is 60.7 cm³/mol. The Balaban J connectivity index is 2.95. The molecule has 104 valence electrons. The molecule has 0 saturated carbocycles. The van der Waals surface area contributed by atoms with Crippen molar-refractivity contribution in [2.24, 2.45) is 4.99 Å². The molecule has 0 aromatic heterocycles. The minimum Gasteiger partial charge on any atom is -0.336 e. The van der Waals surface area contributed by atoms with Gasteiger partial charge in [-0.15, -0.1) is 0 Å². The fourth-order valence-corrected chi connectivity index (χ4v) is 2.33. The molecule has 10 nitrogen and oxygen atoms in total. The third kappa shape index (κ3) is 4.49. The summed E-state index contributed by atoms with van der Waals surface area (Å²) in [6, 6.07) is 0. The Kier molecular flexibility index (Phi) is 4.32. The Hall–Kier alpha value is -0.760. The van der Waals surface area contributed by atoms with Gasteiger partial charge in [0.1, 0.15) is 12.6 Å². The first-order chi connectivity index (χ1) is 7.99. The Morgan fingerprint density at radius 3 is 2.22 bits per heavy atom. The van der Waals surface area contributed by atoms with E-state index in [1.54, 1.807) is 0 Å². The number of carbonyl (C=O) groups excluding carboxylic acids is 1. The van der Waals surface area contributed by atoms with Crippen LogP contribution in [-0.2, 0) is 13.9 Å². The van der Waals surface area contributed by atoms with Crippen molar-refractivity contribution in [3.8, 4) is 0 Å². The lowest BCUT2D eigenvalue weighted by atomic mass is 10.6. The van der Waals surface area contributed by atoms with Gasteiger partial charge < -0.3 is 24.5 Å². The van der Waals surface area contributed by atoms with Crippen molar-refractivity contribution in [3.63, 3.8) is 0 Å². The van der Waals surface area contributed by atoms with E-state index in [0.717, 1.165) is 4.90 Å². The molecular weight excluding hydrogens is 288 g/mol. The van der Waals surface area contributed by atoms with Gasteiger partial charge in [0.05, 0.1) is 6.54 Å². The average Bonchev–Trinajstić information content (AvgIpc) is 2.35. The van der Waals surface area contributed by atoms with Crippen LogP contribution in [0.1, 0.15) is 0 Å². The van der Waals surface area contributed by atoms with Crippen LogP contribution in [0, 0.1) is 0 Å². The molecular formula is C6H13N3O7P2. The van der Waals surface area contributed by atoms with Gasteiger partial charge in [-0.25, -0.2) is 4.99 Å². The SMILES string of the molecule is CN1CC(=O)N(CP(=O)(O)O)C1=NCP(=O)(O)O. The summed E-state index contributed by atoms with van der Waals surface area (Å²) in [7, 11) is -7.44. The lowest BCUT2D eigenvalue weighted by Gasteiger charge is -2.19. The fourth-order valence-electron chi connectivity index (χ4n) is 1.36. The Labute approximate surface area is 102 Å². The number of amides is 1. The van der Waals surface area contributed by atoms with Crippen LogP contribution >= 0.6 is 15.2 Å². The van der Waals surface area contributed by atoms with Crippen LogP contribution in [0.3, 0.4) is 0 Å². The van der Waals surface area contributed by atoms with Gasteiger partial charge in [0.25, 0.3) is 0 Å². The van der Waals surface area contributed by atoms with Crippen molar-refractivity contribution in [3.05, 3.63) is 0 Å². The van der Waals surface area contributed by atoms with Gasteiger partial charge in [0.2, 0.25) is 11.9 Å². The molecule has 18 heavy (non-hydrogen) atoms. The quantitative estimate of drug-likeness (QED) is 0.452. The summed E-state index contributed by atoms with van der Waals surface area (Å²) in [5, 5.41) is 0. The lowest BCUT2D eigenvalue weighted by molar-refractivity contribution is -0.124. The summed E-state index contributed by atoms with van der Waals surface area (Å²) in [5.74, 6) is -0.753. The van der Waals surface area contributed by atoms with E-state index in [4.69, 9.17) is 19.6 Å². The number of hydrogen-bond acceptors (Lipinski definition) is 4. The molecule has 0 radical (unpaired) electrons. The summed E-state index contributed by atoms with van der Waals surface area (Å²) in [5.41, 5.74) is 0. The predicted octanol–water partition coefficient (Wildman–Crippen LogP) is -1.61. The molecule has 1 heterocycles. The van der Waals surface area contributed by atoms with Crippen LogP contribution in [0.2, 0.25) is 0 Å². The zero-order valence-corrected chi connectivity index (χ0v) is 11.2. The number of hydrogen-bond donors (Lipinski definition) is 4. The molecule has 12 heteroatoms. The van der Waals surface area contributed by atoms with Gasteiger partial charge in [0, 0.05) is 7.05 Å². The Bertz CT molecular complexity index is 466. The largest absolute Gasteiger partial charge is 0.346 e. The molecule has 1 aliphatic heterocycles. The molecule has 0 bridgehead atoms. The highest BCUT2D eigenvalue weighted by molar-refractivity contribution is 7.52. The molecule has 4 N–H and O–H groups in total. The molecule has 0 unspecified atom stereocenters. The van der Waals surface area contributed by atoms with E-state index in [1.165, 1.54) is 11.9 Å². The highest BCUT2D eigenvalue weighted by Crippen LogP contribution is 2.37. The second-order valence-electron chi connectivity index (χ2n) is 3.75. The molecule has 0 aromatic carbocycles. The monoisotopic (exact) mass is 301 g/mol. The number of nitrogens with zero attached hydrogens (tertiary/aromatic N) is 3. The van der Waals surface area contributed by atoms with Crippen molar-refractivity contribution in [1.29, 1.82) is 0 Å². The van der Waals surface area contributed by atoms with Gasteiger partial charge in [-0.3, -0.25) is 18.8 Å². The van der Waals surface area contributed by atoms with Gasteiger partial charge in [0.15, 0.2) is 0 Å². The first-order valence-corrected chi connectivity index (χ1v) is 8.24. The minimum atomic E-state index is -4.48. The van der Waals surface area contributed by atoms with Crippen LogP contribution < -0.4 is 0 Å². The second kappa shape index (κ2) is 5.08. The first-order valence-electron chi connectivity index (χ1n) is 4.65. The normalized spacial score (nSPS) is 20.1. The number of aliphatic imine (C=N–C) groups is 1. The van der Waals surface area contributed by atoms with Crippen LogP contribution in [-0.4, -0.2) is 67.4 Å². The molecule has 1 saturated heterocycles. The number of guanidine groups is 1. The van der Waals surface area contributed by atoms with E-state index >= 15 is 0 Å². The number of rotatable bonds is 4. The maximum atomic E-state index is 11.5. The van der Waals surface area contributed by atoms with E-state index in [-0.39, 0.29) is 12.5 Å². The van der Waals surface area contributed by atoms with Crippen LogP contribution in [0.4, 0.5) is 0 Å². The fraction of sp³-hybridized carbons (Fsp3) is 0.667. The number of likely N-dealkylation sites (N-methyl/N-ethyl adjacent to an activating group) is 1. The third-order valence-electron chi connectivity index (χ3n) is 1.98. The maximum absolute atomic E-state index is 11.5. The van der Waals surface area contributed by atoms with Crippen molar-refractivity contribution < 1.29 is 33.5 Å². The lowest BCUT2D eigenvalue weighted by Crippen LogP contribution is -2.34. The van der Waals surface area contributed by atoms with Crippen molar-refractivity contribution >= 4 is 27.1 Å². The smallest absolute Gasteiger partial charge is 0.336 e. The summed E-state index contributed by atoms with van der Waals surface area (Å²) in [6.45, 7) is -0.153. The Morgan fingerprint density at radius 2 is 1.78 bits per heavy atom. The van der Waals surface area contributed by atoms with Crippen molar-refractivity contribution in [1.82, 2.24) is 9.80 Å². The Morgan fingerprint density at radius 1 is 1.22 bits per heavy atom. The summed E-state index contributed by atoms with van der Waals surface area (Å²) in [6.07, 6.45) is -1.71. The molecule has 0 aromatic rings. The maximum Gasteiger partial charge on any atom is 0.346 e. The first kappa shape index (κ1) is 15.3. The summed E-state index contributed by atoms with van der Waals surface area (Å²) >= 11 is 0. The minimum absolute atomic E-state index is 0.153. The van der Waals surface area contributed by atoms with E-state index in [1.807, 2.05) is 0 Å². The van der Waals surface area contributed by atoms with Crippen molar-refractivity contribution in [2.75, 3.05) is 26.2 Å². The highest BCUT2D eigenvalue weighted by Gasteiger charge is 2.36. The van der Waals surface area contributed by atoms with Gasteiger partial charge >= 0.3 is 15.2 Å². The van der Waals surface area contributed by atoms with E-state index < -0.39 is 33.7 Å². The summed E-state index contributed by atoms with van der Waals surface area (Å²) < 4.78 is 21.5. The molecule has 1 fully saturated rings. The molecule has 0 spiro atoms. The van der Waals surface area contributed by atoms with Crippen LogP contribution in [0.5, 0.6) is 0 Å². The van der Waals surface area contributed by atoms with E-state index in [9.17, 15) is 13.9 Å². The van der Waals surface area contributed by atoms with Crippen molar-refractivity contribution in [2.45, 2.75) is 0 Å². The van der Waals surface area contributed by atoms with Gasteiger partial charge in [-0.1, -0.05) is 0 Å². The summed E-state index contributed by atoms with van der Waals surface area (Å²) in [4.78, 5) is 52.0. The van der Waals surface area contributed by atoms with E-state index in [0.29, 0.717) is 0 Å². The highest BCUT2D eigenvalue weighted by atomic mass is 31.2. The molecule has 0 aliphatic carbocycles. The molecule has 1 aliphatic rings. The van der Waals surface area contributed by atoms with Crippen LogP contribution in [0.15, 0.2) is 4.99 Å². The zero-order valence-electron chi connectivity index (χ0n) is 9.37.